The molecule has 1 heterocycles. The molecule has 0 aromatic carbocycles. The lowest BCUT2D eigenvalue weighted by Crippen LogP contribution is -2.25. The van der Waals surface area contributed by atoms with Gasteiger partial charge in [-0.05, 0) is 25.3 Å². The third-order valence-electron chi connectivity index (χ3n) is 2.87. The number of allylic oxidation sites excluding steroid dienone is 2. The predicted octanol–water partition coefficient (Wildman–Crippen LogP) is 1.82. The molecular weight excluding hydrogens is 180 g/mol. The fourth-order valence-electron chi connectivity index (χ4n) is 1.96. The van der Waals surface area contributed by atoms with E-state index in [4.69, 9.17) is 9.47 Å². The molecular formula is C11H16O3. The van der Waals surface area contributed by atoms with E-state index in [0.717, 1.165) is 24.8 Å². The molecule has 0 atom stereocenters. The van der Waals surface area contributed by atoms with E-state index < -0.39 is 5.79 Å². The number of hydrogen-bond acceptors (Lipinski definition) is 3. The second-order valence-electron chi connectivity index (χ2n) is 4.02. The van der Waals surface area contributed by atoms with Gasteiger partial charge in [-0.25, -0.2) is 0 Å². The normalized spacial score (nSPS) is 25.5. The molecule has 3 nitrogen and oxygen atoms in total. The van der Waals surface area contributed by atoms with Crippen LogP contribution in [0.25, 0.3) is 0 Å². The highest BCUT2D eigenvalue weighted by Crippen LogP contribution is 2.28. The van der Waals surface area contributed by atoms with E-state index in [1.807, 2.05) is 13.0 Å². The van der Waals surface area contributed by atoms with Crippen molar-refractivity contribution in [2.24, 2.45) is 0 Å². The third kappa shape index (κ3) is 2.04. The molecule has 1 aliphatic carbocycles. The first-order valence-electron chi connectivity index (χ1n) is 5.20. The summed E-state index contributed by atoms with van der Waals surface area (Å²) in [5.74, 6) is -0.157. The van der Waals surface area contributed by atoms with Crippen molar-refractivity contribution < 1.29 is 14.3 Å². The summed E-state index contributed by atoms with van der Waals surface area (Å²) in [7, 11) is 0. The lowest BCUT2D eigenvalue weighted by Gasteiger charge is -2.21. The van der Waals surface area contributed by atoms with Crippen LogP contribution < -0.4 is 0 Å². The Morgan fingerprint density at radius 2 is 2.14 bits per heavy atom. The first-order chi connectivity index (χ1) is 6.70. The van der Waals surface area contributed by atoms with Crippen LogP contribution in [0.2, 0.25) is 0 Å². The quantitative estimate of drug-likeness (QED) is 0.690. The Bertz CT molecular complexity index is 262. The van der Waals surface area contributed by atoms with Crippen molar-refractivity contribution >= 4 is 5.78 Å². The molecule has 1 saturated heterocycles. The van der Waals surface area contributed by atoms with Crippen LogP contribution in [0.3, 0.4) is 0 Å². The number of ether oxygens (including phenoxy) is 2. The van der Waals surface area contributed by atoms with E-state index in [0.29, 0.717) is 25.4 Å². The van der Waals surface area contributed by atoms with Crippen LogP contribution in [-0.2, 0) is 14.3 Å². The second kappa shape index (κ2) is 3.83. The predicted molar refractivity (Wildman–Crippen MR) is 51.9 cm³/mol. The smallest absolute Gasteiger partial charge is 0.166 e. The minimum absolute atomic E-state index is 0.298. The van der Waals surface area contributed by atoms with E-state index in [1.165, 1.54) is 0 Å². The Morgan fingerprint density at radius 1 is 1.43 bits per heavy atom. The van der Waals surface area contributed by atoms with Gasteiger partial charge in [-0.1, -0.05) is 6.08 Å². The van der Waals surface area contributed by atoms with Gasteiger partial charge in [-0.3, -0.25) is 4.79 Å². The van der Waals surface area contributed by atoms with Gasteiger partial charge in [-0.2, -0.15) is 0 Å². The summed E-state index contributed by atoms with van der Waals surface area (Å²) in [6, 6.07) is 0. The Labute approximate surface area is 84.1 Å². The van der Waals surface area contributed by atoms with Crippen LogP contribution in [0.5, 0.6) is 0 Å². The van der Waals surface area contributed by atoms with Crippen LogP contribution in [0.1, 0.15) is 32.6 Å². The summed E-state index contributed by atoms with van der Waals surface area (Å²) in [5, 5.41) is 0. The molecule has 0 unspecified atom stereocenters. The SMILES string of the molecule is CC1(CCC2=CCCC2=O)OCCO1. The van der Waals surface area contributed by atoms with Crippen molar-refractivity contribution in [1.29, 1.82) is 0 Å². The summed E-state index contributed by atoms with van der Waals surface area (Å²) in [6.07, 6.45) is 5.21. The highest BCUT2D eigenvalue weighted by molar-refractivity contribution is 5.97. The van der Waals surface area contributed by atoms with E-state index in [-0.39, 0.29) is 0 Å². The van der Waals surface area contributed by atoms with Gasteiger partial charge in [0.2, 0.25) is 0 Å². The fraction of sp³-hybridized carbons (Fsp3) is 0.727. The van der Waals surface area contributed by atoms with Crippen LogP contribution >= 0.6 is 0 Å². The van der Waals surface area contributed by atoms with Crippen molar-refractivity contribution in [3.05, 3.63) is 11.6 Å². The minimum Gasteiger partial charge on any atom is -0.348 e. The van der Waals surface area contributed by atoms with Gasteiger partial charge in [0.25, 0.3) is 0 Å². The molecule has 0 amide bonds. The number of carbonyl (C=O) groups is 1. The van der Waals surface area contributed by atoms with Crippen LogP contribution in [0.4, 0.5) is 0 Å². The van der Waals surface area contributed by atoms with Crippen molar-refractivity contribution in [1.82, 2.24) is 0 Å². The van der Waals surface area contributed by atoms with E-state index in [2.05, 4.69) is 0 Å². The average Bonchev–Trinajstić information content (AvgIpc) is 2.73. The molecule has 0 spiro atoms. The zero-order chi connectivity index (χ0) is 10.0. The molecule has 0 saturated carbocycles. The second-order valence-corrected chi connectivity index (χ2v) is 4.02. The van der Waals surface area contributed by atoms with Gasteiger partial charge in [0.1, 0.15) is 0 Å². The summed E-state index contributed by atoms with van der Waals surface area (Å²) >= 11 is 0. The Hall–Kier alpha value is -0.670. The molecule has 0 aromatic rings. The molecule has 1 fully saturated rings. The lowest BCUT2D eigenvalue weighted by molar-refractivity contribution is -0.146. The van der Waals surface area contributed by atoms with Crippen molar-refractivity contribution in [2.45, 2.75) is 38.4 Å². The number of carbonyl (C=O) groups excluding carboxylic acids is 1. The van der Waals surface area contributed by atoms with Gasteiger partial charge in [0, 0.05) is 12.8 Å². The number of rotatable bonds is 3. The molecule has 14 heavy (non-hydrogen) atoms. The highest BCUT2D eigenvalue weighted by Gasteiger charge is 2.31. The van der Waals surface area contributed by atoms with Gasteiger partial charge >= 0.3 is 0 Å². The zero-order valence-corrected chi connectivity index (χ0v) is 8.54. The summed E-state index contributed by atoms with van der Waals surface area (Å²) < 4.78 is 10.9. The van der Waals surface area contributed by atoms with Crippen LogP contribution in [-0.4, -0.2) is 24.8 Å². The maximum Gasteiger partial charge on any atom is 0.166 e. The monoisotopic (exact) mass is 196 g/mol. The molecule has 0 N–H and O–H groups in total. The lowest BCUT2D eigenvalue weighted by atomic mass is 10.0. The maximum atomic E-state index is 11.3. The van der Waals surface area contributed by atoms with Crippen molar-refractivity contribution in [3.8, 4) is 0 Å². The Balaban J connectivity index is 1.84. The molecule has 0 radical (unpaired) electrons. The van der Waals surface area contributed by atoms with Crippen molar-refractivity contribution in [3.63, 3.8) is 0 Å². The summed E-state index contributed by atoms with van der Waals surface area (Å²) in [6.45, 7) is 3.28. The topological polar surface area (TPSA) is 35.5 Å². The first-order valence-corrected chi connectivity index (χ1v) is 5.20. The van der Waals surface area contributed by atoms with Gasteiger partial charge < -0.3 is 9.47 Å². The number of Topliss-reactive ketones (excluding diaryl/α,β-unsaturated/α-hetero) is 1. The summed E-state index contributed by atoms with van der Waals surface area (Å²) in [4.78, 5) is 11.3. The van der Waals surface area contributed by atoms with E-state index >= 15 is 0 Å². The summed E-state index contributed by atoms with van der Waals surface area (Å²) in [5.41, 5.74) is 0.963. The van der Waals surface area contributed by atoms with Crippen LogP contribution in [0.15, 0.2) is 11.6 Å². The van der Waals surface area contributed by atoms with Gasteiger partial charge in [0.05, 0.1) is 13.2 Å². The first kappa shape index (κ1) is 9.87. The molecule has 78 valence electrons. The highest BCUT2D eigenvalue weighted by atomic mass is 16.7. The largest absolute Gasteiger partial charge is 0.348 e. The average molecular weight is 196 g/mol. The third-order valence-corrected chi connectivity index (χ3v) is 2.87. The molecule has 0 bridgehead atoms. The maximum absolute atomic E-state index is 11.3. The number of ketones is 1. The van der Waals surface area contributed by atoms with E-state index in [1.54, 1.807) is 0 Å². The minimum atomic E-state index is -0.455. The molecule has 1 aliphatic heterocycles. The van der Waals surface area contributed by atoms with Gasteiger partial charge in [-0.15, -0.1) is 0 Å². The van der Waals surface area contributed by atoms with Crippen LogP contribution in [0, 0.1) is 0 Å². The standard InChI is InChI=1S/C11H16O3/c1-11(13-7-8-14-11)6-5-9-3-2-4-10(9)12/h3H,2,4-8H2,1H3. The molecule has 2 rings (SSSR count). The van der Waals surface area contributed by atoms with E-state index in [9.17, 15) is 4.79 Å². The molecule has 3 heteroatoms. The van der Waals surface area contributed by atoms with Crippen molar-refractivity contribution in [2.75, 3.05) is 13.2 Å². The molecule has 0 aromatic heterocycles. The fourth-order valence-corrected chi connectivity index (χ4v) is 1.96. The Kier molecular flexibility index (Phi) is 2.70. The number of hydrogen-bond donors (Lipinski definition) is 0. The zero-order valence-electron chi connectivity index (χ0n) is 8.54. The molecule has 2 aliphatic rings. The Morgan fingerprint density at radius 3 is 2.71 bits per heavy atom. The van der Waals surface area contributed by atoms with Gasteiger partial charge in [0.15, 0.2) is 11.6 Å².